The zero-order valence-electron chi connectivity index (χ0n) is 14.3. The minimum absolute atomic E-state index is 0.189. The van der Waals surface area contributed by atoms with Crippen molar-refractivity contribution in [3.05, 3.63) is 65.7 Å². The summed E-state index contributed by atoms with van der Waals surface area (Å²) in [4.78, 5) is 6.49. The average molecular weight is 332 g/mol. The highest BCUT2D eigenvalue weighted by molar-refractivity contribution is 6.30. The lowest BCUT2D eigenvalue weighted by Crippen LogP contribution is -2.27. The number of aryl methyl sites for hydroxylation is 2. The number of para-hydroxylation sites is 3. The van der Waals surface area contributed by atoms with Gasteiger partial charge >= 0.3 is 0 Å². The molecule has 0 aliphatic carbocycles. The van der Waals surface area contributed by atoms with Crippen molar-refractivity contribution in [2.24, 2.45) is 7.05 Å². The number of rotatable bonds is 3. The van der Waals surface area contributed by atoms with Crippen molar-refractivity contribution in [1.29, 1.82) is 5.41 Å². The van der Waals surface area contributed by atoms with Gasteiger partial charge in [-0.1, -0.05) is 37.3 Å². The molecule has 0 fully saturated rings. The molecule has 0 unspecified atom stereocenters. The normalized spacial score (nSPS) is 14.8. The molecule has 0 saturated carbocycles. The van der Waals surface area contributed by atoms with Crippen LogP contribution in [0, 0.1) is 5.41 Å². The molecule has 25 heavy (non-hydrogen) atoms. The summed E-state index contributed by atoms with van der Waals surface area (Å²) < 4.78 is 1.94. The molecule has 0 radical (unpaired) electrons. The summed E-state index contributed by atoms with van der Waals surface area (Å²) >= 11 is 0. The number of nitrogens with one attached hydrogen (secondary N) is 1. The molecule has 0 spiro atoms. The van der Waals surface area contributed by atoms with E-state index in [0.29, 0.717) is 17.9 Å². The highest BCUT2D eigenvalue weighted by Crippen LogP contribution is 2.33. The van der Waals surface area contributed by atoms with Crippen LogP contribution in [0.2, 0.25) is 0 Å². The van der Waals surface area contributed by atoms with Crippen molar-refractivity contribution in [3.63, 3.8) is 0 Å². The molecule has 3 aromatic rings. The van der Waals surface area contributed by atoms with Crippen LogP contribution in [0.3, 0.4) is 0 Å². The molecule has 4 rings (SSSR count). The molecule has 2 N–H and O–H groups in total. The third kappa shape index (κ3) is 2.31. The predicted octanol–water partition coefficient (Wildman–Crippen LogP) is 3.90. The van der Waals surface area contributed by atoms with Crippen LogP contribution in [0.15, 0.2) is 54.3 Å². The van der Waals surface area contributed by atoms with Crippen LogP contribution in [0.5, 0.6) is 0 Å². The lowest BCUT2D eigenvalue weighted by molar-refractivity contribution is 0.411. The van der Waals surface area contributed by atoms with Gasteiger partial charge in [-0.3, -0.25) is 5.41 Å². The van der Waals surface area contributed by atoms with E-state index in [9.17, 15) is 5.11 Å². The molecule has 2 heterocycles. The van der Waals surface area contributed by atoms with Crippen molar-refractivity contribution >= 4 is 28.1 Å². The summed E-state index contributed by atoms with van der Waals surface area (Å²) in [7, 11) is 1.92. The maximum atomic E-state index is 10.6. The van der Waals surface area contributed by atoms with E-state index in [1.54, 1.807) is 0 Å². The minimum atomic E-state index is 0.189. The Labute approximate surface area is 146 Å². The van der Waals surface area contributed by atoms with Gasteiger partial charge in [0, 0.05) is 12.7 Å². The Bertz CT molecular complexity index is 1020. The molecule has 126 valence electrons. The molecule has 2 aromatic carbocycles. The van der Waals surface area contributed by atoms with Crippen LogP contribution < -0.4 is 4.90 Å². The van der Waals surface area contributed by atoms with E-state index in [-0.39, 0.29) is 11.6 Å². The molecular weight excluding hydrogens is 312 g/mol. The Kier molecular flexibility index (Phi) is 3.57. The first kappa shape index (κ1) is 15.4. The number of amidine groups is 1. The number of hydrogen-bond donors (Lipinski definition) is 2. The Morgan fingerprint density at radius 3 is 2.60 bits per heavy atom. The van der Waals surface area contributed by atoms with E-state index >= 15 is 0 Å². The van der Waals surface area contributed by atoms with Crippen molar-refractivity contribution in [3.8, 4) is 0 Å². The fourth-order valence-corrected chi connectivity index (χ4v) is 3.46. The van der Waals surface area contributed by atoms with Crippen molar-refractivity contribution in [1.82, 2.24) is 9.55 Å². The van der Waals surface area contributed by atoms with Gasteiger partial charge in [-0.15, -0.1) is 0 Å². The first-order valence-electron chi connectivity index (χ1n) is 8.40. The fourth-order valence-electron chi connectivity index (χ4n) is 3.46. The Morgan fingerprint density at radius 2 is 1.84 bits per heavy atom. The average Bonchev–Trinajstić information content (AvgIpc) is 3.11. The second-order valence-electron chi connectivity index (χ2n) is 6.22. The van der Waals surface area contributed by atoms with Crippen molar-refractivity contribution in [2.45, 2.75) is 13.3 Å². The standard InChI is InChI=1S/C20H20N4O/c1-3-13-8-4-6-10-15(13)24-12-17(25)18(19(24)21)20-22-14-9-5-7-11-16(14)23(20)2/h4-11,21,25H,3,12H2,1-2H3. The number of aliphatic hydroxyl groups is 1. The molecule has 0 atom stereocenters. The van der Waals surface area contributed by atoms with E-state index < -0.39 is 0 Å². The zero-order chi connectivity index (χ0) is 17.6. The first-order valence-corrected chi connectivity index (χ1v) is 8.40. The Morgan fingerprint density at radius 1 is 1.12 bits per heavy atom. The molecule has 1 aliphatic rings. The monoisotopic (exact) mass is 332 g/mol. The van der Waals surface area contributed by atoms with E-state index in [4.69, 9.17) is 5.41 Å². The second kappa shape index (κ2) is 5.77. The maximum absolute atomic E-state index is 10.6. The van der Waals surface area contributed by atoms with Crippen molar-refractivity contribution in [2.75, 3.05) is 11.4 Å². The van der Waals surface area contributed by atoms with Crippen LogP contribution in [-0.2, 0) is 13.5 Å². The second-order valence-corrected chi connectivity index (χ2v) is 6.22. The zero-order valence-corrected chi connectivity index (χ0v) is 14.3. The topological polar surface area (TPSA) is 65.1 Å². The molecule has 5 heteroatoms. The van der Waals surface area contributed by atoms with Crippen LogP contribution >= 0.6 is 0 Å². The maximum Gasteiger partial charge on any atom is 0.148 e. The number of hydrogen-bond acceptors (Lipinski definition) is 3. The van der Waals surface area contributed by atoms with Crippen molar-refractivity contribution < 1.29 is 5.11 Å². The summed E-state index contributed by atoms with van der Waals surface area (Å²) in [6, 6.07) is 15.9. The molecular formula is C20H20N4O. The van der Waals surface area contributed by atoms with Gasteiger partial charge in [0.2, 0.25) is 0 Å². The predicted molar refractivity (Wildman–Crippen MR) is 101 cm³/mol. The van der Waals surface area contributed by atoms with Crippen LogP contribution in [0.25, 0.3) is 16.6 Å². The van der Waals surface area contributed by atoms with Gasteiger partial charge < -0.3 is 14.6 Å². The summed E-state index contributed by atoms with van der Waals surface area (Å²) in [6.45, 7) is 2.40. The van der Waals surface area contributed by atoms with E-state index in [1.165, 1.54) is 0 Å². The lowest BCUT2D eigenvalue weighted by Gasteiger charge is -2.21. The van der Waals surface area contributed by atoms with Crippen LogP contribution in [0.4, 0.5) is 5.69 Å². The number of nitrogens with zero attached hydrogens (tertiary/aromatic N) is 3. The van der Waals surface area contributed by atoms with E-state index in [0.717, 1.165) is 28.7 Å². The SMILES string of the molecule is CCc1ccccc1N1CC(O)=C(c2nc3ccccc3n2C)C1=N. The molecule has 5 nitrogen and oxygen atoms in total. The molecule has 1 aliphatic heterocycles. The van der Waals surface area contributed by atoms with Gasteiger partial charge in [0.15, 0.2) is 0 Å². The number of imidazole rings is 1. The van der Waals surface area contributed by atoms with Gasteiger partial charge in [0.05, 0.1) is 23.2 Å². The van der Waals surface area contributed by atoms with E-state index in [1.807, 2.05) is 59.0 Å². The molecule has 0 amide bonds. The third-order valence-corrected chi connectivity index (χ3v) is 4.78. The summed E-state index contributed by atoms with van der Waals surface area (Å²) in [5.74, 6) is 1.10. The Hall–Kier alpha value is -3.08. The van der Waals surface area contributed by atoms with Gasteiger partial charge in [-0.2, -0.15) is 0 Å². The Balaban J connectivity index is 1.80. The highest BCUT2D eigenvalue weighted by atomic mass is 16.3. The summed E-state index contributed by atoms with van der Waals surface area (Å²) in [5, 5.41) is 19.3. The first-order chi connectivity index (χ1) is 12.1. The molecule has 0 bridgehead atoms. The largest absolute Gasteiger partial charge is 0.509 e. The quantitative estimate of drug-likeness (QED) is 0.764. The van der Waals surface area contributed by atoms with Gasteiger partial charge in [-0.25, -0.2) is 4.98 Å². The third-order valence-electron chi connectivity index (χ3n) is 4.78. The van der Waals surface area contributed by atoms with Gasteiger partial charge in [0.1, 0.15) is 17.4 Å². The van der Waals surface area contributed by atoms with Gasteiger partial charge in [0.25, 0.3) is 0 Å². The summed E-state index contributed by atoms with van der Waals surface area (Å²) in [6.07, 6.45) is 0.877. The molecule has 1 aromatic heterocycles. The number of aromatic nitrogens is 2. The van der Waals surface area contributed by atoms with Crippen LogP contribution in [0.1, 0.15) is 18.3 Å². The highest BCUT2D eigenvalue weighted by Gasteiger charge is 2.32. The minimum Gasteiger partial charge on any atom is -0.509 e. The summed E-state index contributed by atoms with van der Waals surface area (Å²) in [5.41, 5.74) is 4.48. The van der Waals surface area contributed by atoms with Crippen LogP contribution in [-0.4, -0.2) is 27.0 Å². The van der Waals surface area contributed by atoms with Gasteiger partial charge in [-0.05, 0) is 30.2 Å². The number of anilines is 1. The molecule has 0 saturated heterocycles. The number of benzene rings is 2. The number of aliphatic hydroxyl groups excluding tert-OH is 1. The fraction of sp³-hybridized carbons (Fsp3) is 0.200. The number of fused-ring (bicyclic) bond motifs is 1. The smallest absolute Gasteiger partial charge is 0.148 e. The van der Waals surface area contributed by atoms with E-state index in [2.05, 4.69) is 18.0 Å². The lowest BCUT2D eigenvalue weighted by atomic mass is 10.1.